The summed E-state index contributed by atoms with van der Waals surface area (Å²) < 4.78 is 5.05. The molecule has 0 radical (unpaired) electrons. The van der Waals surface area contributed by atoms with Crippen molar-refractivity contribution in [1.29, 1.82) is 0 Å². The summed E-state index contributed by atoms with van der Waals surface area (Å²) in [5.41, 5.74) is 1.25. The van der Waals surface area contributed by atoms with Gasteiger partial charge in [0.25, 0.3) is 5.91 Å². The van der Waals surface area contributed by atoms with Gasteiger partial charge in [-0.2, -0.15) is 0 Å². The van der Waals surface area contributed by atoms with E-state index in [4.69, 9.17) is 4.42 Å². The zero-order valence-corrected chi connectivity index (χ0v) is 14.6. The lowest BCUT2D eigenvalue weighted by Crippen LogP contribution is -2.12. The molecule has 0 bridgehead atoms. The van der Waals surface area contributed by atoms with E-state index in [1.165, 1.54) is 22.6 Å². The summed E-state index contributed by atoms with van der Waals surface area (Å²) in [6, 6.07) is 21.5. The Labute approximate surface area is 154 Å². The molecular formula is C20H15N3O2S. The normalized spacial score (nSPS) is 10.8. The molecule has 1 N–H and O–H groups in total. The number of carbonyl (C=O) groups is 1. The average molecular weight is 361 g/mol. The van der Waals surface area contributed by atoms with Crippen LogP contribution in [-0.4, -0.2) is 16.1 Å². The first-order valence-corrected chi connectivity index (χ1v) is 9.06. The Hall–Kier alpha value is -3.12. The van der Waals surface area contributed by atoms with E-state index < -0.39 is 0 Å². The van der Waals surface area contributed by atoms with Gasteiger partial charge in [0.2, 0.25) is 0 Å². The molecule has 5 nitrogen and oxygen atoms in total. The van der Waals surface area contributed by atoms with Crippen LogP contribution in [0, 0.1) is 0 Å². The number of anilines is 1. The molecule has 0 fully saturated rings. The van der Waals surface area contributed by atoms with Gasteiger partial charge in [0, 0.05) is 5.75 Å². The number of nitrogens with one attached hydrogen (secondary N) is 1. The van der Waals surface area contributed by atoms with E-state index in [1.807, 2.05) is 18.2 Å². The Kier molecular flexibility index (Phi) is 4.66. The standard InChI is InChI=1S/C20H15N3O2S/c24-20(17-9-4-12-25-17)21-18-10-11-19(23-22-18)26-13-15-7-3-6-14-5-1-2-8-16(14)15/h1-12H,13H2,(H,21,22,24). The minimum atomic E-state index is -0.347. The average Bonchev–Trinajstić information content (AvgIpc) is 3.22. The summed E-state index contributed by atoms with van der Waals surface area (Å²) in [6.45, 7) is 0. The summed E-state index contributed by atoms with van der Waals surface area (Å²) in [6.07, 6.45) is 1.45. The molecule has 0 aliphatic heterocycles. The number of benzene rings is 2. The van der Waals surface area contributed by atoms with Gasteiger partial charge < -0.3 is 9.73 Å². The molecule has 0 aliphatic carbocycles. The summed E-state index contributed by atoms with van der Waals surface area (Å²) >= 11 is 1.61. The van der Waals surface area contributed by atoms with Gasteiger partial charge >= 0.3 is 0 Å². The number of aromatic nitrogens is 2. The van der Waals surface area contributed by atoms with E-state index in [-0.39, 0.29) is 11.7 Å². The molecule has 4 rings (SSSR count). The third kappa shape index (κ3) is 3.60. The fraction of sp³-hybridized carbons (Fsp3) is 0.0500. The number of amides is 1. The fourth-order valence-electron chi connectivity index (χ4n) is 2.62. The lowest BCUT2D eigenvalue weighted by molar-refractivity contribution is 0.0996. The van der Waals surface area contributed by atoms with Crippen LogP contribution in [0.2, 0.25) is 0 Å². The highest BCUT2D eigenvalue weighted by molar-refractivity contribution is 7.98. The Morgan fingerprint density at radius 1 is 0.962 bits per heavy atom. The number of rotatable bonds is 5. The Bertz CT molecular complexity index is 1030. The zero-order valence-electron chi connectivity index (χ0n) is 13.8. The van der Waals surface area contributed by atoms with Crippen LogP contribution in [0.4, 0.5) is 5.82 Å². The first-order chi connectivity index (χ1) is 12.8. The molecule has 128 valence electrons. The lowest BCUT2D eigenvalue weighted by atomic mass is 10.1. The van der Waals surface area contributed by atoms with E-state index in [2.05, 4.69) is 45.8 Å². The predicted octanol–water partition coefficient (Wildman–Crippen LogP) is 4.77. The van der Waals surface area contributed by atoms with Crippen LogP contribution in [0.3, 0.4) is 0 Å². The van der Waals surface area contributed by atoms with Gasteiger partial charge in [-0.15, -0.1) is 10.2 Å². The molecule has 2 aromatic heterocycles. The first-order valence-electron chi connectivity index (χ1n) is 8.07. The van der Waals surface area contributed by atoms with Gasteiger partial charge in [0.1, 0.15) is 5.03 Å². The third-order valence-electron chi connectivity index (χ3n) is 3.88. The number of fused-ring (bicyclic) bond motifs is 1. The van der Waals surface area contributed by atoms with Crippen LogP contribution in [0.25, 0.3) is 10.8 Å². The Morgan fingerprint density at radius 3 is 2.65 bits per heavy atom. The fourth-order valence-corrected chi connectivity index (χ4v) is 3.44. The molecule has 4 aromatic rings. The van der Waals surface area contributed by atoms with Crippen molar-refractivity contribution in [3.05, 3.63) is 84.3 Å². The maximum Gasteiger partial charge on any atom is 0.292 e. The number of thioether (sulfide) groups is 1. The van der Waals surface area contributed by atoms with Gasteiger partial charge in [-0.1, -0.05) is 54.2 Å². The number of carbonyl (C=O) groups excluding carboxylic acids is 1. The van der Waals surface area contributed by atoms with Crippen LogP contribution in [-0.2, 0) is 5.75 Å². The van der Waals surface area contributed by atoms with E-state index >= 15 is 0 Å². The van der Waals surface area contributed by atoms with E-state index in [0.717, 1.165) is 10.8 Å². The van der Waals surface area contributed by atoms with Gasteiger partial charge in [-0.3, -0.25) is 4.79 Å². The van der Waals surface area contributed by atoms with Crippen molar-refractivity contribution in [2.24, 2.45) is 0 Å². The zero-order chi connectivity index (χ0) is 17.8. The second kappa shape index (κ2) is 7.41. The predicted molar refractivity (Wildman–Crippen MR) is 102 cm³/mol. The first kappa shape index (κ1) is 16.4. The molecule has 2 aromatic carbocycles. The van der Waals surface area contributed by atoms with Gasteiger partial charge in [-0.05, 0) is 40.6 Å². The Balaban J connectivity index is 1.42. The van der Waals surface area contributed by atoms with Crippen molar-refractivity contribution >= 4 is 34.3 Å². The van der Waals surface area contributed by atoms with Crippen LogP contribution in [0.5, 0.6) is 0 Å². The second-order valence-corrected chi connectivity index (χ2v) is 6.61. The summed E-state index contributed by atoms with van der Waals surface area (Å²) in [5, 5.41) is 14.2. The molecule has 6 heteroatoms. The summed E-state index contributed by atoms with van der Waals surface area (Å²) in [5.74, 6) is 1.08. The number of nitrogens with zero attached hydrogens (tertiary/aromatic N) is 2. The van der Waals surface area contributed by atoms with Crippen molar-refractivity contribution in [3.63, 3.8) is 0 Å². The quantitative estimate of drug-likeness (QED) is 0.519. The minimum Gasteiger partial charge on any atom is -0.459 e. The molecule has 26 heavy (non-hydrogen) atoms. The monoisotopic (exact) mass is 361 g/mol. The van der Waals surface area contributed by atoms with Gasteiger partial charge in [0.15, 0.2) is 11.6 Å². The van der Waals surface area contributed by atoms with Crippen molar-refractivity contribution in [2.75, 3.05) is 5.32 Å². The molecule has 1 amide bonds. The SMILES string of the molecule is O=C(Nc1ccc(SCc2cccc3ccccc23)nn1)c1ccco1. The van der Waals surface area contributed by atoms with Gasteiger partial charge in [-0.25, -0.2) is 0 Å². The molecule has 0 saturated heterocycles. The number of hydrogen-bond acceptors (Lipinski definition) is 5. The maximum atomic E-state index is 11.9. The minimum absolute atomic E-state index is 0.237. The maximum absolute atomic E-state index is 11.9. The largest absolute Gasteiger partial charge is 0.459 e. The highest BCUT2D eigenvalue weighted by Crippen LogP contribution is 2.26. The highest BCUT2D eigenvalue weighted by Gasteiger charge is 2.10. The molecule has 0 unspecified atom stereocenters. The van der Waals surface area contributed by atoms with E-state index in [1.54, 1.807) is 30.0 Å². The summed E-state index contributed by atoms with van der Waals surface area (Å²) in [7, 11) is 0. The molecular weight excluding hydrogens is 346 g/mol. The third-order valence-corrected chi connectivity index (χ3v) is 4.85. The Morgan fingerprint density at radius 2 is 1.85 bits per heavy atom. The molecule has 0 aliphatic rings. The summed E-state index contributed by atoms with van der Waals surface area (Å²) in [4.78, 5) is 11.9. The second-order valence-electron chi connectivity index (χ2n) is 5.62. The van der Waals surface area contributed by atoms with Crippen molar-refractivity contribution in [3.8, 4) is 0 Å². The van der Waals surface area contributed by atoms with E-state index in [0.29, 0.717) is 5.82 Å². The van der Waals surface area contributed by atoms with Crippen molar-refractivity contribution in [1.82, 2.24) is 10.2 Å². The topological polar surface area (TPSA) is 68.0 Å². The van der Waals surface area contributed by atoms with Gasteiger partial charge in [0.05, 0.1) is 6.26 Å². The highest BCUT2D eigenvalue weighted by atomic mass is 32.2. The van der Waals surface area contributed by atoms with Crippen LogP contribution < -0.4 is 5.32 Å². The van der Waals surface area contributed by atoms with Crippen LogP contribution in [0.15, 0.2) is 82.4 Å². The number of hydrogen-bond donors (Lipinski definition) is 1. The molecule has 0 saturated carbocycles. The smallest absolute Gasteiger partial charge is 0.292 e. The molecule has 0 atom stereocenters. The molecule has 0 spiro atoms. The van der Waals surface area contributed by atoms with E-state index in [9.17, 15) is 4.79 Å². The number of furan rings is 1. The van der Waals surface area contributed by atoms with Crippen LogP contribution in [0.1, 0.15) is 16.1 Å². The van der Waals surface area contributed by atoms with Crippen molar-refractivity contribution < 1.29 is 9.21 Å². The van der Waals surface area contributed by atoms with Crippen LogP contribution >= 0.6 is 11.8 Å². The van der Waals surface area contributed by atoms with Crippen molar-refractivity contribution in [2.45, 2.75) is 10.8 Å². The lowest BCUT2D eigenvalue weighted by Gasteiger charge is -2.06. The molecule has 2 heterocycles.